The zero-order valence-corrected chi connectivity index (χ0v) is 21.3. The summed E-state index contributed by atoms with van der Waals surface area (Å²) in [5, 5.41) is 8.56. The summed E-state index contributed by atoms with van der Waals surface area (Å²) in [6.45, 7) is 0.293. The van der Waals surface area contributed by atoms with E-state index in [-0.39, 0.29) is 13.4 Å². The summed E-state index contributed by atoms with van der Waals surface area (Å²) in [4.78, 5) is 10.3. The fraction of sp³-hybridized carbons (Fsp3) is 0. The lowest BCUT2D eigenvalue weighted by Gasteiger charge is -2.27. The Labute approximate surface area is 215 Å². The van der Waals surface area contributed by atoms with Crippen molar-refractivity contribution < 1.29 is 0 Å². The van der Waals surface area contributed by atoms with Gasteiger partial charge in [0.05, 0.1) is 11.4 Å². The van der Waals surface area contributed by atoms with Crippen molar-refractivity contribution in [3.05, 3.63) is 106 Å². The summed E-state index contributed by atoms with van der Waals surface area (Å²) in [6, 6.07) is 29.9. The Morgan fingerprint density at radius 2 is 0.765 bits per heavy atom. The largest absolute Gasteiger partial charge is 0.296 e. The van der Waals surface area contributed by atoms with Crippen LogP contribution in [0.3, 0.4) is 0 Å². The SMILES string of the molecule is c1cc([B-](c2cccs2)c2cccs2)nc(-c2cccc([B-](c3cccs3)c3cccs3)n2)c1. The normalized spacial score (nSPS) is 11.5. The van der Waals surface area contributed by atoms with Gasteiger partial charge in [-0.1, -0.05) is 72.8 Å². The molecule has 0 atom stereocenters. The van der Waals surface area contributed by atoms with Crippen molar-refractivity contribution in [3.8, 4) is 11.4 Å². The molecule has 34 heavy (non-hydrogen) atoms. The lowest BCUT2D eigenvalue weighted by Crippen LogP contribution is -2.51. The fourth-order valence-electron chi connectivity index (χ4n) is 4.20. The fourth-order valence-corrected chi connectivity index (χ4v) is 7.77. The van der Waals surface area contributed by atoms with Gasteiger partial charge in [-0.2, -0.15) is 64.5 Å². The number of pyridine rings is 2. The number of hydrogen-bond donors (Lipinski definition) is 0. The van der Waals surface area contributed by atoms with E-state index in [1.165, 1.54) is 19.1 Å². The molecule has 0 bridgehead atoms. The van der Waals surface area contributed by atoms with Gasteiger partial charge in [0.1, 0.15) is 0 Å². The maximum Gasteiger partial charge on any atom is 0.0844 e. The average molecular weight is 508 g/mol. The van der Waals surface area contributed by atoms with E-state index in [4.69, 9.17) is 9.97 Å². The highest BCUT2D eigenvalue weighted by molar-refractivity contribution is 7.34. The van der Waals surface area contributed by atoms with E-state index >= 15 is 0 Å². The minimum absolute atomic E-state index is 0.146. The van der Waals surface area contributed by atoms with Crippen LogP contribution < -0.4 is 30.3 Å². The van der Waals surface area contributed by atoms with Crippen LogP contribution in [-0.4, -0.2) is 23.4 Å². The van der Waals surface area contributed by atoms with E-state index in [1.807, 2.05) is 0 Å². The highest BCUT2D eigenvalue weighted by atomic mass is 32.1. The maximum absolute atomic E-state index is 5.14. The van der Waals surface area contributed by atoms with E-state index in [0.717, 1.165) is 22.6 Å². The number of nitrogens with zero attached hydrogens (tertiary/aromatic N) is 2. The molecule has 0 spiro atoms. The smallest absolute Gasteiger partial charge is 0.0844 e. The molecule has 164 valence electrons. The molecule has 6 aromatic rings. The Kier molecular flexibility index (Phi) is 6.29. The van der Waals surface area contributed by atoms with Crippen LogP contribution in [0.1, 0.15) is 0 Å². The lowest BCUT2D eigenvalue weighted by molar-refractivity contribution is 1.29. The molecule has 0 aliphatic heterocycles. The van der Waals surface area contributed by atoms with Crippen LogP contribution in [0.5, 0.6) is 0 Å². The molecule has 0 N–H and O–H groups in total. The highest BCUT2D eigenvalue weighted by Crippen LogP contribution is 2.13. The third kappa shape index (κ3) is 4.34. The van der Waals surface area contributed by atoms with Gasteiger partial charge in [-0.3, -0.25) is 9.97 Å². The van der Waals surface area contributed by atoms with Gasteiger partial charge in [0.25, 0.3) is 0 Å². The molecule has 2 nitrogen and oxygen atoms in total. The van der Waals surface area contributed by atoms with Crippen molar-refractivity contribution in [1.82, 2.24) is 9.97 Å². The molecule has 0 aliphatic carbocycles. The Balaban J connectivity index is 1.41. The summed E-state index contributed by atoms with van der Waals surface area (Å²) in [6.07, 6.45) is 0. The molecule has 0 saturated heterocycles. The van der Waals surface area contributed by atoms with Crippen molar-refractivity contribution in [2.24, 2.45) is 0 Å². The van der Waals surface area contributed by atoms with Gasteiger partial charge in [-0.15, -0.1) is 11.2 Å². The first-order chi connectivity index (χ1) is 16.9. The van der Waals surface area contributed by atoms with Crippen molar-refractivity contribution in [1.29, 1.82) is 0 Å². The van der Waals surface area contributed by atoms with Crippen LogP contribution in [0.25, 0.3) is 11.4 Å². The molecule has 0 fully saturated rings. The first kappa shape index (κ1) is 21.7. The van der Waals surface area contributed by atoms with Gasteiger partial charge in [0, 0.05) is 13.4 Å². The highest BCUT2D eigenvalue weighted by Gasteiger charge is 2.13. The predicted octanol–water partition coefficient (Wildman–Crippen LogP) is 3.42. The summed E-state index contributed by atoms with van der Waals surface area (Å²) < 4.78 is 5.24. The van der Waals surface area contributed by atoms with E-state index in [0.29, 0.717) is 0 Å². The van der Waals surface area contributed by atoms with Crippen LogP contribution in [0.4, 0.5) is 0 Å². The molecule has 6 aromatic heterocycles. The van der Waals surface area contributed by atoms with Gasteiger partial charge < -0.3 is 0 Å². The van der Waals surface area contributed by atoms with Gasteiger partial charge in [-0.25, -0.2) is 0 Å². The summed E-state index contributed by atoms with van der Waals surface area (Å²) in [5.41, 5.74) is 3.94. The van der Waals surface area contributed by atoms with Crippen molar-refractivity contribution in [2.75, 3.05) is 0 Å². The topological polar surface area (TPSA) is 25.8 Å². The third-order valence-corrected chi connectivity index (χ3v) is 9.45. The van der Waals surface area contributed by atoms with Crippen LogP contribution in [0.2, 0.25) is 0 Å². The summed E-state index contributed by atoms with van der Waals surface area (Å²) in [5.74, 6) is 0. The second-order valence-electron chi connectivity index (χ2n) is 7.82. The molecule has 6 heterocycles. The first-order valence-corrected chi connectivity index (χ1v) is 14.5. The van der Waals surface area contributed by atoms with Crippen LogP contribution >= 0.6 is 45.3 Å². The molecule has 0 unspecified atom stereocenters. The zero-order valence-electron chi connectivity index (χ0n) is 18.1. The Morgan fingerprint density at radius 3 is 1.06 bits per heavy atom. The van der Waals surface area contributed by atoms with E-state index in [9.17, 15) is 0 Å². The van der Waals surface area contributed by atoms with Gasteiger partial charge in [0.2, 0.25) is 0 Å². The molecule has 0 aromatic carbocycles. The minimum atomic E-state index is 0.146. The Hall–Kier alpha value is -2.77. The van der Waals surface area contributed by atoms with E-state index in [1.54, 1.807) is 45.3 Å². The second-order valence-corrected chi connectivity index (χ2v) is 11.7. The second kappa shape index (κ2) is 9.84. The van der Waals surface area contributed by atoms with E-state index in [2.05, 4.69) is 106 Å². The van der Waals surface area contributed by atoms with Gasteiger partial charge >= 0.3 is 0 Å². The molecular formula is C26H18B2N2S4-2. The Bertz CT molecular complexity index is 1280. The third-order valence-electron chi connectivity index (χ3n) is 5.71. The molecule has 0 saturated carbocycles. The van der Waals surface area contributed by atoms with Crippen molar-refractivity contribution >= 4 is 89.1 Å². The van der Waals surface area contributed by atoms with E-state index < -0.39 is 0 Å². The van der Waals surface area contributed by atoms with Crippen LogP contribution in [0.15, 0.2) is 106 Å². The predicted molar refractivity (Wildman–Crippen MR) is 154 cm³/mol. The monoisotopic (exact) mass is 508 g/mol. The molecule has 0 aliphatic rings. The molecule has 0 amide bonds. The standard InChI is InChI=1S/C26H18B2N2S4/c1-7-19(29-21(9-1)27(23-11-3-15-31-23)24-12-4-16-32-24)20-8-2-10-22(30-20)28(25-13-5-17-33-25)26-14-6-18-34-26/h1-18H/q-2. The zero-order chi connectivity index (χ0) is 22.7. The quantitative estimate of drug-likeness (QED) is 0.309. The van der Waals surface area contributed by atoms with Gasteiger partial charge in [0.15, 0.2) is 0 Å². The summed E-state index contributed by atoms with van der Waals surface area (Å²) >= 11 is 7.13. The molecule has 6 rings (SSSR count). The van der Waals surface area contributed by atoms with Crippen LogP contribution in [-0.2, 0) is 0 Å². The molecule has 2 radical (unpaired) electrons. The lowest BCUT2D eigenvalue weighted by atomic mass is 9.45. The molecular weight excluding hydrogens is 490 g/mol. The maximum atomic E-state index is 5.14. The van der Waals surface area contributed by atoms with Crippen molar-refractivity contribution in [3.63, 3.8) is 0 Å². The van der Waals surface area contributed by atoms with Crippen LogP contribution in [0, 0.1) is 0 Å². The molecule has 8 heteroatoms. The average Bonchev–Trinajstić information content (AvgIpc) is 3.70. The van der Waals surface area contributed by atoms with Gasteiger partial charge in [-0.05, 0) is 33.7 Å². The number of hydrogen-bond acceptors (Lipinski definition) is 6. The van der Waals surface area contributed by atoms with Crippen molar-refractivity contribution in [2.45, 2.75) is 0 Å². The first-order valence-electron chi connectivity index (χ1n) is 10.9. The minimum Gasteiger partial charge on any atom is -0.296 e. The number of rotatable bonds is 7. The summed E-state index contributed by atoms with van der Waals surface area (Å²) in [7, 11) is 0. The number of thiophene rings is 4. The number of aromatic nitrogens is 2. The Morgan fingerprint density at radius 1 is 0.412 bits per heavy atom.